The Kier molecular flexibility index (Phi) is 5.27. The van der Waals surface area contributed by atoms with Crippen LogP contribution >= 0.6 is 15.9 Å². The van der Waals surface area contributed by atoms with Gasteiger partial charge in [0.25, 0.3) is 5.91 Å². The van der Waals surface area contributed by atoms with Crippen LogP contribution in [-0.4, -0.2) is 17.0 Å². The number of nitrogens with one attached hydrogen (secondary N) is 1. The smallest absolute Gasteiger partial charge is 0.305 e. The summed E-state index contributed by atoms with van der Waals surface area (Å²) in [5, 5.41) is 11.7. The fraction of sp³-hybridized carbons (Fsp3) is 0.125. The van der Waals surface area contributed by atoms with Crippen LogP contribution < -0.4 is 5.32 Å². The maximum absolute atomic E-state index is 13.1. The molecule has 2 aromatic rings. The van der Waals surface area contributed by atoms with Crippen molar-refractivity contribution in [1.29, 1.82) is 0 Å². The predicted octanol–water partition coefficient (Wildman–Crippen LogP) is 3.53. The molecule has 0 aliphatic rings. The largest absolute Gasteiger partial charge is 0.481 e. The van der Waals surface area contributed by atoms with E-state index in [1.54, 1.807) is 30.3 Å². The molecule has 0 aliphatic heterocycles. The van der Waals surface area contributed by atoms with Gasteiger partial charge in [0.2, 0.25) is 0 Å². The summed E-state index contributed by atoms with van der Waals surface area (Å²) in [5.41, 5.74) is 0.934. The lowest BCUT2D eigenvalue weighted by atomic mass is 10.0. The van der Waals surface area contributed by atoms with E-state index in [1.165, 1.54) is 18.2 Å². The quantitative estimate of drug-likeness (QED) is 0.851. The van der Waals surface area contributed by atoms with Gasteiger partial charge in [-0.1, -0.05) is 30.3 Å². The van der Waals surface area contributed by atoms with Crippen LogP contribution in [0.3, 0.4) is 0 Å². The highest BCUT2D eigenvalue weighted by Crippen LogP contribution is 2.21. The number of carboxylic acids is 1. The normalized spacial score (nSPS) is 11.7. The topological polar surface area (TPSA) is 66.4 Å². The second-order valence-electron chi connectivity index (χ2n) is 4.66. The highest BCUT2D eigenvalue weighted by Gasteiger charge is 2.20. The number of hydrogen-bond donors (Lipinski definition) is 2. The average molecular weight is 366 g/mol. The van der Waals surface area contributed by atoms with Gasteiger partial charge >= 0.3 is 5.97 Å². The molecule has 2 N–H and O–H groups in total. The van der Waals surface area contributed by atoms with Crippen LogP contribution in [0.15, 0.2) is 53.0 Å². The van der Waals surface area contributed by atoms with Crippen molar-refractivity contribution in [3.05, 3.63) is 69.9 Å². The predicted molar refractivity (Wildman–Crippen MR) is 83.0 cm³/mol. The highest BCUT2D eigenvalue weighted by molar-refractivity contribution is 9.10. The molecule has 6 heteroatoms. The van der Waals surface area contributed by atoms with Crippen LogP contribution in [0.1, 0.15) is 28.4 Å². The lowest BCUT2D eigenvalue weighted by molar-refractivity contribution is -0.137. The van der Waals surface area contributed by atoms with E-state index in [0.29, 0.717) is 10.0 Å². The van der Waals surface area contributed by atoms with E-state index in [0.717, 1.165) is 0 Å². The molecule has 0 fully saturated rings. The van der Waals surface area contributed by atoms with Crippen LogP contribution in [0.5, 0.6) is 0 Å². The third kappa shape index (κ3) is 4.14. The first-order valence-corrected chi connectivity index (χ1v) is 7.29. The third-order valence-electron chi connectivity index (χ3n) is 3.06. The molecule has 4 nitrogen and oxygen atoms in total. The average Bonchev–Trinajstić information content (AvgIpc) is 2.46. The molecule has 1 unspecified atom stereocenters. The van der Waals surface area contributed by atoms with Crippen LogP contribution in [0.25, 0.3) is 0 Å². The van der Waals surface area contributed by atoms with Gasteiger partial charge in [0.05, 0.1) is 18.0 Å². The fourth-order valence-corrected chi connectivity index (χ4v) is 2.55. The Hall–Kier alpha value is -2.21. The molecule has 1 atom stereocenters. The molecule has 2 aromatic carbocycles. The van der Waals surface area contributed by atoms with Gasteiger partial charge in [-0.2, -0.15) is 0 Å². The number of carbonyl (C=O) groups excluding carboxylic acids is 1. The molecule has 1 amide bonds. The molecule has 0 aliphatic carbocycles. The highest BCUT2D eigenvalue weighted by atomic mass is 79.9. The summed E-state index contributed by atoms with van der Waals surface area (Å²) in [6.45, 7) is 0. The molecule has 0 saturated carbocycles. The first-order chi connectivity index (χ1) is 10.5. The third-order valence-corrected chi connectivity index (χ3v) is 3.72. The summed E-state index contributed by atoms with van der Waals surface area (Å²) < 4.78 is 13.4. The van der Waals surface area contributed by atoms with Gasteiger partial charge < -0.3 is 10.4 Å². The van der Waals surface area contributed by atoms with Crippen LogP contribution in [0.4, 0.5) is 4.39 Å². The van der Waals surface area contributed by atoms with E-state index in [1.807, 2.05) is 0 Å². The number of aliphatic carboxylic acids is 1. The van der Waals surface area contributed by atoms with Crippen LogP contribution in [0, 0.1) is 5.82 Å². The van der Waals surface area contributed by atoms with Gasteiger partial charge in [-0.15, -0.1) is 0 Å². The monoisotopic (exact) mass is 365 g/mol. The minimum Gasteiger partial charge on any atom is -0.481 e. The van der Waals surface area contributed by atoms with E-state index in [9.17, 15) is 14.0 Å². The van der Waals surface area contributed by atoms with Crippen molar-refractivity contribution in [2.45, 2.75) is 12.5 Å². The number of carboxylic acid groups (broad SMARTS) is 1. The van der Waals surface area contributed by atoms with Gasteiger partial charge in [-0.3, -0.25) is 9.59 Å². The molecule has 0 heterocycles. The number of carbonyl (C=O) groups is 2. The van der Waals surface area contributed by atoms with Gasteiger partial charge in [0.15, 0.2) is 0 Å². The van der Waals surface area contributed by atoms with Crippen LogP contribution in [-0.2, 0) is 4.79 Å². The number of halogens is 2. The molecule has 114 valence electrons. The SMILES string of the molecule is O=C(O)CC(NC(=O)c1ccc(F)cc1Br)c1ccccc1. The summed E-state index contributed by atoms with van der Waals surface area (Å²) in [6.07, 6.45) is -0.242. The summed E-state index contributed by atoms with van der Waals surface area (Å²) in [5.74, 6) is -1.96. The van der Waals surface area contributed by atoms with Crippen molar-refractivity contribution in [3.63, 3.8) is 0 Å². The first-order valence-electron chi connectivity index (χ1n) is 6.50. The second-order valence-corrected chi connectivity index (χ2v) is 5.51. The Morgan fingerprint density at radius 3 is 2.45 bits per heavy atom. The van der Waals surface area contributed by atoms with E-state index >= 15 is 0 Å². The van der Waals surface area contributed by atoms with E-state index in [4.69, 9.17) is 5.11 Å². The number of rotatable bonds is 5. The maximum Gasteiger partial charge on any atom is 0.305 e. The van der Waals surface area contributed by atoms with Crippen molar-refractivity contribution in [2.24, 2.45) is 0 Å². The standard InChI is InChI=1S/C16H13BrFNO3/c17-13-8-11(18)6-7-12(13)16(22)19-14(9-15(20)21)10-4-2-1-3-5-10/h1-8,14H,9H2,(H,19,22)(H,20,21). The Morgan fingerprint density at radius 2 is 1.86 bits per heavy atom. The Bertz CT molecular complexity index is 691. The second kappa shape index (κ2) is 7.17. The molecular formula is C16H13BrFNO3. The zero-order valence-electron chi connectivity index (χ0n) is 11.4. The molecule has 0 radical (unpaired) electrons. The Labute approximate surface area is 135 Å². The minimum absolute atomic E-state index is 0.242. The summed E-state index contributed by atoms with van der Waals surface area (Å²) in [7, 11) is 0. The maximum atomic E-state index is 13.1. The lowest BCUT2D eigenvalue weighted by Gasteiger charge is -2.18. The van der Waals surface area contributed by atoms with Gasteiger partial charge in [-0.25, -0.2) is 4.39 Å². The fourth-order valence-electron chi connectivity index (χ4n) is 2.02. The minimum atomic E-state index is -1.02. The van der Waals surface area contributed by atoms with Crippen molar-refractivity contribution in [1.82, 2.24) is 5.32 Å². The first kappa shape index (κ1) is 16.2. The van der Waals surface area contributed by atoms with Gasteiger partial charge in [0, 0.05) is 4.47 Å². The van der Waals surface area contributed by atoms with Gasteiger partial charge in [-0.05, 0) is 39.7 Å². The summed E-state index contributed by atoms with van der Waals surface area (Å²) in [6, 6.07) is 11.9. The van der Waals surface area contributed by atoms with E-state index in [-0.39, 0.29) is 12.0 Å². The molecule has 22 heavy (non-hydrogen) atoms. The van der Waals surface area contributed by atoms with Crippen molar-refractivity contribution in [2.75, 3.05) is 0 Å². The molecule has 0 spiro atoms. The zero-order chi connectivity index (χ0) is 16.1. The molecule has 2 rings (SSSR count). The van der Waals surface area contributed by atoms with Crippen molar-refractivity contribution < 1.29 is 19.1 Å². The molecular weight excluding hydrogens is 353 g/mol. The number of benzene rings is 2. The summed E-state index contributed by atoms with van der Waals surface area (Å²) in [4.78, 5) is 23.3. The zero-order valence-corrected chi connectivity index (χ0v) is 13.0. The molecule has 0 bridgehead atoms. The Balaban J connectivity index is 2.23. The van der Waals surface area contributed by atoms with Gasteiger partial charge in [0.1, 0.15) is 5.82 Å². The van der Waals surface area contributed by atoms with Crippen molar-refractivity contribution >= 4 is 27.8 Å². The van der Waals surface area contributed by atoms with E-state index < -0.39 is 23.7 Å². The molecule has 0 aromatic heterocycles. The van der Waals surface area contributed by atoms with Crippen LogP contribution in [0.2, 0.25) is 0 Å². The number of amides is 1. The molecule has 0 saturated heterocycles. The van der Waals surface area contributed by atoms with E-state index in [2.05, 4.69) is 21.2 Å². The number of hydrogen-bond acceptors (Lipinski definition) is 2. The van der Waals surface area contributed by atoms with Crippen molar-refractivity contribution in [3.8, 4) is 0 Å². The Morgan fingerprint density at radius 1 is 1.18 bits per heavy atom. The lowest BCUT2D eigenvalue weighted by Crippen LogP contribution is -2.30. The summed E-state index contributed by atoms with van der Waals surface area (Å²) >= 11 is 3.13.